The van der Waals surface area contributed by atoms with Crippen molar-refractivity contribution in [3.63, 3.8) is 0 Å². The number of carbonyl (C=O) groups is 2. The van der Waals surface area contributed by atoms with E-state index in [4.69, 9.17) is 4.74 Å². The number of hydrogen-bond donors (Lipinski definition) is 0. The molecule has 0 saturated carbocycles. The molecule has 1 rings (SSSR count). The zero-order valence-corrected chi connectivity index (χ0v) is 9.20. The molecule has 0 aliphatic rings. The van der Waals surface area contributed by atoms with E-state index in [0.29, 0.717) is 6.29 Å². The molecule has 1 aromatic carbocycles. The molecule has 0 aliphatic carbocycles. The molecule has 0 heterocycles. The molecule has 3 nitrogen and oxygen atoms in total. The van der Waals surface area contributed by atoms with Crippen molar-refractivity contribution < 1.29 is 18.7 Å². The predicted molar refractivity (Wildman–Crippen MR) is 57.1 cm³/mol. The largest absolute Gasteiger partial charge is 0.483 e. The van der Waals surface area contributed by atoms with Crippen molar-refractivity contribution in [3.8, 4) is 5.75 Å². The molecule has 0 radical (unpaired) electrons. The van der Waals surface area contributed by atoms with Gasteiger partial charge in [0.15, 0.2) is 17.3 Å². The zero-order valence-electron chi connectivity index (χ0n) is 9.20. The molecule has 0 spiro atoms. The van der Waals surface area contributed by atoms with Gasteiger partial charge in [-0.15, -0.1) is 0 Å². The summed E-state index contributed by atoms with van der Waals surface area (Å²) in [7, 11) is 0. The van der Waals surface area contributed by atoms with Crippen LogP contribution in [0.5, 0.6) is 5.75 Å². The van der Waals surface area contributed by atoms with Crippen LogP contribution in [0.1, 0.15) is 24.2 Å². The Labute approximate surface area is 93.2 Å². The van der Waals surface area contributed by atoms with Crippen LogP contribution in [-0.2, 0) is 4.79 Å². The van der Waals surface area contributed by atoms with Crippen LogP contribution in [0, 0.1) is 11.7 Å². The number of ketones is 1. The molecular formula is C12H13FO3. The molecule has 0 atom stereocenters. The summed E-state index contributed by atoms with van der Waals surface area (Å²) in [5, 5.41) is 0. The van der Waals surface area contributed by atoms with Crippen LogP contribution in [0.15, 0.2) is 18.2 Å². The van der Waals surface area contributed by atoms with Crippen molar-refractivity contribution in [2.75, 3.05) is 6.61 Å². The minimum absolute atomic E-state index is 0.0143. The first-order chi connectivity index (χ1) is 7.54. The van der Waals surface area contributed by atoms with Crippen molar-refractivity contribution in [2.24, 2.45) is 5.92 Å². The molecular weight excluding hydrogens is 211 g/mol. The van der Waals surface area contributed by atoms with Crippen LogP contribution in [0.2, 0.25) is 0 Å². The fourth-order valence-corrected chi connectivity index (χ4v) is 1.02. The number of rotatable bonds is 5. The number of benzene rings is 1. The Balaban J connectivity index is 2.68. The van der Waals surface area contributed by atoms with Crippen molar-refractivity contribution >= 4 is 12.1 Å². The van der Waals surface area contributed by atoms with Gasteiger partial charge < -0.3 is 4.74 Å². The van der Waals surface area contributed by atoms with Crippen LogP contribution in [0.25, 0.3) is 0 Å². The third kappa shape index (κ3) is 3.15. The van der Waals surface area contributed by atoms with Gasteiger partial charge in [0.2, 0.25) is 0 Å². The van der Waals surface area contributed by atoms with Crippen molar-refractivity contribution in [2.45, 2.75) is 13.8 Å². The summed E-state index contributed by atoms with van der Waals surface area (Å²) in [5.74, 6) is -0.892. The van der Waals surface area contributed by atoms with E-state index in [1.807, 2.05) is 0 Å². The molecule has 1 aromatic rings. The molecule has 86 valence electrons. The fraction of sp³-hybridized carbons (Fsp3) is 0.333. The summed E-state index contributed by atoms with van der Waals surface area (Å²) in [5.41, 5.74) is 0.236. The Morgan fingerprint density at radius 1 is 1.50 bits per heavy atom. The molecule has 0 saturated heterocycles. The van der Waals surface area contributed by atoms with Crippen LogP contribution in [-0.4, -0.2) is 18.7 Å². The topological polar surface area (TPSA) is 43.4 Å². The standard InChI is InChI=1S/C12H13FO3/c1-8(2)11(15)7-16-12-4-3-9(6-14)5-10(12)13/h3-6,8H,7H2,1-2H3. The average molecular weight is 224 g/mol. The highest BCUT2D eigenvalue weighted by Crippen LogP contribution is 2.17. The maximum absolute atomic E-state index is 13.3. The van der Waals surface area contributed by atoms with E-state index < -0.39 is 5.82 Å². The summed E-state index contributed by atoms with van der Waals surface area (Å²) in [6.45, 7) is 3.34. The van der Waals surface area contributed by atoms with Gasteiger partial charge in [0.1, 0.15) is 12.9 Å². The van der Waals surface area contributed by atoms with Gasteiger partial charge in [-0.05, 0) is 18.2 Å². The SMILES string of the molecule is CC(C)C(=O)COc1ccc(C=O)cc1F. The fourth-order valence-electron chi connectivity index (χ4n) is 1.02. The van der Waals surface area contributed by atoms with E-state index in [9.17, 15) is 14.0 Å². The van der Waals surface area contributed by atoms with E-state index in [-0.39, 0.29) is 29.6 Å². The van der Waals surface area contributed by atoms with Crippen molar-refractivity contribution in [1.29, 1.82) is 0 Å². The molecule has 16 heavy (non-hydrogen) atoms. The summed E-state index contributed by atoms with van der Waals surface area (Å²) in [6, 6.07) is 3.85. The predicted octanol–water partition coefficient (Wildman–Crippen LogP) is 2.24. The Kier molecular flexibility index (Phi) is 4.17. The first-order valence-corrected chi connectivity index (χ1v) is 4.95. The van der Waals surface area contributed by atoms with Gasteiger partial charge >= 0.3 is 0 Å². The van der Waals surface area contributed by atoms with Crippen LogP contribution in [0.3, 0.4) is 0 Å². The summed E-state index contributed by atoms with van der Waals surface area (Å²) < 4.78 is 18.3. The lowest BCUT2D eigenvalue weighted by Crippen LogP contribution is -2.17. The molecule has 0 aromatic heterocycles. The normalized spacial score (nSPS) is 10.2. The minimum Gasteiger partial charge on any atom is -0.483 e. The second-order valence-electron chi connectivity index (χ2n) is 3.72. The maximum atomic E-state index is 13.3. The van der Waals surface area contributed by atoms with Gasteiger partial charge in [0, 0.05) is 11.5 Å². The van der Waals surface area contributed by atoms with Crippen LogP contribution >= 0.6 is 0 Å². The monoisotopic (exact) mass is 224 g/mol. The quantitative estimate of drug-likeness (QED) is 0.720. The lowest BCUT2D eigenvalue weighted by Gasteiger charge is -2.08. The molecule has 0 N–H and O–H groups in total. The molecule has 0 unspecified atom stereocenters. The van der Waals surface area contributed by atoms with Crippen LogP contribution < -0.4 is 4.74 Å². The Hall–Kier alpha value is -1.71. The number of ether oxygens (including phenoxy) is 1. The number of hydrogen-bond acceptors (Lipinski definition) is 3. The second-order valence-corrected chi connectivity index (χ2v) is 3.72. The number of Topliss-reactive ketones (excluding diaryl/α,β-unsaturated/α-hetero) is 1. The zero-order chi connectivity index (χ0) is 12.1. The number of halogens is 1. The summed E-state index contributed by atoms with van der Waals surface area (Å²) in [4.78, 5) is 21.6. The second kappa shape index (κ2) is 5.39. The van der Waals surface area contributed by atoms with E-state index in [1.54, 1.807) is 13.8 Å². The van der Waals surface area contributed by atoms with Gasteiger partial charge in [-0.2, -0.15) is 0 Å². The van der Waals surface area contributed by atoms with Crippen molar-refractivity contribution in [3.05, 3.63) is 29.6 Å². The number of carbonyl (C=O) groups excluding carboxylic acids is 2. The molecule has 0 fully saturated rings. The lowest BCUT2D eigenvalue weighted by atomic mass is 10.1. The van der Waals surface area contributed by atoms with E-state index >= 15 is 0 Å². The van der Waals surface area contributed by atoms with Gasteiger partial charge in [-0.3, -0.25) is 9.59 Å². The first kappa shape index (κ1) is 12.4. The summed E-state index contributed by atoms with van der Waals surface area (Å²) >= 11 is 0. The highest BCUT2D eigenvalue weighted by atomic mass is 19.1. The molecule has 0 bridgehead atoms. The van der Waals surface area contributed by atoms with Gasteiger partial charge in [-0.25, -0.2) is 4.39 Å². The highest BCUT2D eigenvalue weighted by molar-refractivity contribution is 5.81. The van der Waals surface area contributed by atoms with Crippen molar-refractivity contribution in [1.82, 2.24) is 0 Å². The van der Waals surface area contributed by atoms with E-state index in [1.165, 1.54) is 12.1 Å². The average Bonchev–Trinajstić information content (AvgIpc) is 2.26. The lowest BCUT2D eigenvalue weighted by molar-refractivity contribution is -0.123. The maximum Gasteiger partial charge on any atom is 0.172 e. The third-order valence-corrected chi connectivity index (χ3v) is 2.11. The van der Waals surface area contributed by atoms with Gasteiger partial charge in [0.25, 0.3) is 0 Å². The van der Waals surface area contributed by atoms with Gasteiger partial charge in [-0.1, -0.05) is 13.8 Å². The number of aldehydes is 1. The molecule has 0 aliphatic heterocycles. The Morgan fingerprint density at radius 3 is 2.69 bits per heavy atom. The van der Waals surface area contributed by atoms with Crippen LogP contribution in [0.4, 0.5) is 4.39 Å². The third-order valence-electron chi connectivity index (χ3n) is 2.11. The molecule has 4 heteroatoms. The Morgan fingerprint density at radius 2 is 2.19 bits per heavy atom. The Bertz CT molecular complexity index is 399. The highest BCUT2D eigenvalue weighted by Gasteiger charge is 2.10. The first-order valence-electron chi connectivity index (χ1n) is 4.95. The molecule has 0 amide bonds. The smallest absolute Gasteiger partial charge is 0.172 e. The minimum atomic E-state index is -0.638. The van der Waals surface area contributed by atoms with E-state index in [2.05, 4.69) is 0 Å². The summed E-state index contributed by atoms with van der Waals surface area (Å²) in [6.07, 6.45) is 0.548. The van der Waals surface area contributed by atoms with E-state index in [0.717, 1.165) is 6.07 Å². The van der Waals surface area contributed by atoms with Gasteiger partial charge in [0.05, 0.1) is 0 Å².